The lowest BCUT2D eigenvalue weighted by atomic mass is 10.2. The Kier molecular flexibility index (Phi) is 5.72. The van der Waals surface area contributed by atoms with Crippen LogP contribution in [0.2, 0.25) is 0 Å². The highest BCUT2D eigenvalue weighted by Gasteiger charge is 2.23. The Hall–Kier alpha value is -3.23. The number of methoxy groups -OCH3 is 1. The molecule has 2 aromatic carbocycles. The first-order chi connectivity index (χ1) is 13.4. The van der Waals surface area contributed by atoms with Crippen molar-refractivity contribution in [3.05, 3.63) is 59.4 Å². The molecule has 1 fully saturated rings. The lowest BCUT2D eigenvalue weighted by Crippen LogP contribution is -2.50. The zero-order valence-corrected chi connectivity index (χ0v) is 15.0. The van der Waals surface area contributed by atoms with Gasteiger partial charge in [-0.25, -0.2) is 22.8 Å². The lowest BCUT2D eigenvalue weighted by Gasteiger charge is -2.36. The maximum Gasteiger partial charge on any atom is 0.337 e. The number of carbonyl (C=O) groups excluding carboxylic acids is 2. The van der Waals surface area contributed by atoms with E-state index in [0.717, 1.165) is 17.8 Å². The van der Waals surface area contributed by atoms with E-state index in [1.165, 1.54) is 12.0 Å². The van der Waals surface area contributed by atoms with Crippen molar-refractivity contribution in [1.29, 1.82) is 0 Å². The number of carbonyl (C=O) groups is 2. The minimum Gasteiger partial charge on any atom is -0.465 e. The number of nitrogens with zero attached hydrogens (tertiary/aromatic N) is 2. The molecule has 6 nitrogen and oxygen atoms in total. The predicted molar refractivity (Wildman–Crippen MR) is 96.9 cm³/mol. The van der Waals surface area contributed by atoms with E-state index < -0.39 is 35.1 Å². The Bertz CT molecular complexity index is 882. The van der Waals surface area contributed by atoms with Crippen LogP contribution in [0.4, 0.5) is 29.3 Å². The van der Waals surface area contributed by atoms with Crippen LogP contribution in [-0.4, -0.2) is 50.2 Å². The average molecular weight is 393 g/mol. The van der Waals surface area contributed by atoms with E-state index in [4.69, 9.17) is 0 Å². The number of benzene rings is 2. The molecule has 1 heterocycles. The normalized spacial score (nSPS) is 14.0. The number of hydrogen-bond acceptors (Lipinski definition) is 4. The van der Waals surface area contributed by atoms with Gasteiger partial charge < -0.3 is 19.9 Å². The van der Waals surface area contributed by atoms with Crippen LogP contribution in [0.15, 0.2) is 36.4 Å². The van der Waals surface area contributed by atoms with Crippen LogP contribution >= 0.6 is 0 Å². The van der Waals surface area contributed by atoms with Gasteiger partial charge in [0.25, 0.3) is 0 Å². The molecule has 28 heavy (non-hydrogen) atoms. The second-order valence-corrected chi connectivity index (χ2v) is 6.17. The van der Waals surface area contributed by atoms with E-state index in [1.807, 2.05) is 4.90 Å². The van der Waals surface area contributed by atoms with Gasteiger partial charge >= 0.3 is 12.0 Å². The van der Waals surface area contributed by atoms with Gasteiger partial charge in [-0.15, -0.1) is 0 Å². The fourth-order valence-electron chi connectivity index (χ4n) is 2.91. The van der Waals surface area contributed by atoms with E-state index in [1.54, 1.807) is 24.3 Å². The van der Waals surface area contributed by atoms with E-state index >= 15 is 0 Å². The topological polar surface area (TPSA) is 61.9 Å². The molecule has 9 heteroatoms. The molecule has 0 atom stereocenters. The summed E-state index contributed by atoms with van der Waals surface area (Å²) in [6.07, 6.45) is 0. The molecule has 0 aromatic heterocycles. The maximum atomic E-state index is 13.7. The lowest BCUT2D eigenvalue weighted by molar-refractivity contribution is 0.0600. The SMILES string of the molecule is COC(=O)c1ccc(N2CCN(C(=O)Nc3ccc(F)c(F)c3F)CC2)cc1. The van der Waals surface area contributed by atoms with Crippen LogP contribution < -0.4 is 10.2 Å². The number of ether oxygens (including phenoxy) is 1. The smallest absolute Gasteiger partial charge is 0.337 e. The summed E-state index contributed by atoms with van der Waals surface area (Å²) in [5.41, 5.74) is 0.918. The van der Waals surface area contributed by atoms with Crippen LogP contribution in [0.25, 0.3) is 0 Å². The summed E-state index contributed by atoms with van der Waals surface area (Å²) in [7, 11) is 1.31. The van der Waals surface area contributed by atoms with E-state index in [2.05, 4.69) is 10.1 Å². The summed E-state index contributed by atoms with van der Waals surface area (Å²) < 4.78 is 44.6. The van der Waals surface area contributed by atoms with Gasteiger partial charge in [0.1, 0.15) is 0 Å². The van der Waals surface area contributed by atoms with Crippen molar-refractivity contribution in [3.63, 3.8) is 0 Å². The van der Waals surface area contributed by atoms with Gasteiger partial charge in [0.05, 0.1) is 18.4 Å². The number of urea groups is 1. The second kappa shape index (κ2) is 8.20. The molecule has 148 valence electrons. The second-order valence-electron chi connectivity index (χ2n) is 6.17. The molecule has 1 aliphatic heterocycles. The summed E-state index contributed by atoms with van der Waals surface area (Å²) in [4.78, 5) is 27.2. The number of amides is 2. The Morgan fingerprint density at radius 3 is 2.18 bits per heavy atom. The van der Waals surface area contributed by atoms with Crippen molar-refractivity contribution in [2.24, 2.45) is 0 Å². The fourth-order valence-corrected chi connectivity index (χ4v) is 2.91. The molecule has 0 spiro atoms. The van der Waals surface area contributed by atoms with E-state index in [0.29, 0.717) is 31.7 Å². The van der Waals surface area contributed by atoms with E-state index in [-0.39, 0.29) is 0 Å². The van der Waals surface area contributed by atoms with Crippen molar-refractivity contribution < 1.29 is 27.5 Å². The fraction of sp³-hybridized carbons (Fsp3) is 0.263. The van der Waals surface area contributed by atoms with Crippen LogP contribution in [0.3, 0.4) is 0 Å². The molecule has 0 radical (unpaired) electrons. The minimum atomic E-state index is -1.63. The molecule has 0 aliphatic carbocycles. The summed E-state index contributed by atoms with van der Waals surface area (Å²) in [6, 6.07) is 8.04. The highest BCUT2D eigenvalue weighted by Crippen LogP contribution is 2.21. The van der Waals surface area contributed by atoms with Crippen molar-refractivity contribution >= 4 is 23.4 Å². The summed E-state index contributed by atoms with van der Waals surface area (Å²) >= 11 is 0. The van der Waals surface area contributed by atoms with Crippen molar-refractivity contribution in [2.45, 2.75) is 0 Å². The standard InChI is InChI=1S/C19H18F3N3O3/c1-28-18(26)12-2-4-13(5-3-12)24-8-10-25(11-9-24)19(27)23-15-7-6-14(20)16(21)17(15)22/h2-7H,8-11H2,1H3,(H,23,27). The molecule has 3 rings (SSSR count). The summed E-state index contributed by atoms with van der Waals surface area (Å²) in [5.74, 6) is -4.80. The Morgan fingerprint density at radius 2 is 1.57 bits per heavy atom. The molecular formula is C19H18F3N3O3. The van der Waals surface area contributed by atoms with E-state index in [9.17, 15) is 22.8 Å². The molecule has 0 unspecified atom stereocenters. The number of piperazine rings is 1. The predicted octanol–water partition coefficient (Wildman–Crippen LogP) is 3.24. The minimum absolute atomic E-state index is 0.357. The highest BCUT2D eigenvalue weighted by molar-refractivity contribution is 5.90. The first-order valence-electron chi connectivity index (χ1n) is 8.53. The van der Waals surface area contributed by atoms with Crippen molar-refractivity contribution in [1.82, 2.24) is 4.90 Å². The molecule has 2 aromatic rings. The van der Waals surface area contributed by atoms with Gasteiger partial charge in [0.2, 0.25) is 0 Å². The first kappa shape index (κ1) is 19.5. The van der Waals surface area contributed by atoms with Gasteiger partial charge in [-0.2, -0.15) is 0 Å². The van der Waals surface area contributed by atoms with Gasteiger partial charge in [0, 0.05) is 31.9 Å². The van der Waals surface area contributed by atoms with Crippen LogP contribution in [0, 0.1) is 17.5 Å². The van der Waals surface area contributed by atoms with Crippen LogP contribution in [0.1, 0.15) is 10.4 Å². The summed E-state index contributed by atoms with van der Waals surface area (Å²) in [6.45, 7) is 1.75. The molecule has 0 bridgehead atoms. The zero-order chi connectivity index (χ0) is 20.3. The number of hydrogen-bond donors (Lipinski definition) is 1. The van der Waals surface area contributed by atoms with Crippen LogP contribution in [-0.2, 0) is 4.74 Å². The summed E-state index contributed by atoms with van der Waals surface area (Å²) in [5, 5.41) is 2.26. The van der Waals surface area contributed by atoms with Gasteiger partial charge in [-0.3, -0.25) is 0 Å². The third-order valence-corrected chi connectivity index (χ3v) is 4.50. The average Bonchev–Trinajstić information content (AvgIpc) is 2.73. The van der Waals surface area contributed by atoms with Crippen molar-refractivity contribution in [2.75, 3.05) is 43.5 Å². The highest BCUT2D eigenvalue weighted by atomic mass is 19.2. The number of esters is 1. The third kappa shape index (κ3) is 4.03. The number of nitrogens with one attached hydrogen (secondary N) is 1. The Morgan fingerprint density at radius 1 is 0.929 bits per heavy atom. The number of halogens is 3. The quantitative estimate of drug-likeness (QED) is 0.643. The maximum absolute atomic E-state index is 13.7. The number of rotatable bonds is 3. The molecule has 2 amide bonds. The van der Waals surface area contributed by atoms with Gasteiger partial charge in [-0.1, -0.05) is 0 Å². The van der Waals surface area contributed by atoms with Gasteiger partial charge in [0.15, 0.2) is 17.5 Å². The monoisotopic (exact) mass is 393 g/mol. The molecule has 1 saturated heterocycles. The third-order valence-electron chi connectivity index (χ3n) is 4.50. The molecule has 0 saturated carbocycles. The largest absolute Gasteiger partial charge is 0.465 e. The first-order valence-corrected chi connectivity index (χ1v) is 8.53. The van der Waals surface area contributed by atoms with Crippen LogP contribution in [0.5, 0.6) is 0 Å². The Labute approximate surface area is 159 Å². The van der Waals surface area contributed by atoms with Crippen molar-refractivity contribution in [3.8, 4) is 0 Å². The Balaban J connectivity index is 1.58. The molecular weight excluding hydrogens is 375 g/mol. The molecule has 1 N–H and O–H groups in total. The zero-order valence-electron chi connectivity index (χ0n) is 15.0. The number of anilines is 2. The van der Waals surface area contributed by atoms with Gasteiger partial charge in [-0.05, 0) is 36.4 Å². The molecule has 1 aliphatic rings.